The molecule has 2 heterocycles. The topological polar surface area (TPSA) is 104 Å². The molecule has 0 saturated carbocycles. The molecule has 0 atom stereocenters. The fraction of sp³-hybridized carbons (Fsp3) is 0.190. The standard InChI is InChI=1S/C21H14F5N3O5S/c1-3-14-12-5-4-11(7-13(12)21(30)29(27-14)8-10-6-9(2)28-33-10)35(31,32)34-20-18(25)16(23)15(22)17(24)19(20)26/h4-7H,3,8H2,1-2H3. The highest BCUT2D eigenvalue weighted by atomic mass is 32.2. The Kier molecular flexibility index (Phi) is 6.09. The summed E-state index contributed by atoms with van der Waals surface area (Å²) in [6.07, 6.45) is 0.347. The van der Waals surface area contributed by atoms with Crippen molar-refractivity contribution in [3.05, 3.63) is 80.9 Å². The third-order valence-electron chi connectivity index (χ3n) is 4.98. The van der Waals surface area contributed by atoms with Gasteiger partial charge in [-0.1, -0.05) is 18.1 Å². The van der Waals surface area contributed by atoms with Crippen LogP contribution in [-0.4, -0.2) is 23.4 Å². The second kappa shape index (κ2) is 8.76. The predicted octanol–water partition coefficient (Wildman–Crippen LogP) is 3.77. The van der Waals surface area contributed by atoms with Crippen LogP contribution in [0, 0.1) is 36.0 Å². The van der Waals surface area contributed by atoms with Crippen LogP contribution in [0.1, 0.15) is 24.1 Å². The molecule has 8 nitrogen and oxygen atoms in total. The zero-order chi connectivity index (χ0) is 25.7. The van der Waals surface area contributed by atoms with Gasteiger partial charge >= 0.3 is 10.1 Å². The quantitative estimate of drug-likeness (QED) is 0.167. The molecule has 2 aromatic carbocycles. The maximum Gasteiger partial charge on any atom is 0.339 e. The van der Waals surface area contributed by atoms with Gasteiger partial charge in [-0.15, -0.1) is 0 Å². The lowest BCUT2D eigenvalue weighted by Crippen LogP contribution is -2.25. The highest BCUT2D eigenvalue weighted by molar-refractivity contribution is 7.87. The number of aromatic nitrogens is 3. The molecule has 2 aromatic heterocycles. The minimum Gasteiger partial charge on any atom is -0.372 e. The second-order valence-corrected chi connectivity index (χ2v) is 8.89. The largest absolute Gasteiger partial charge is 0.372 e. The molecule has 0 aliphatic rings. The lowest BCUT2D eigenvalue weighted by molar-refractivity contribution is 0.346. The third-order valence-corrected chi connectivity index (χ3v) is 6.19. The average Bonchev–Trinajstić information content (AvgIpc) is 3.25. The van der Waals surface area contributed by atoms with Crippen LogP contribution in [-0.2, 0) is 23.1 Å². The van der Waals surface area contributed by atoms with E-state index < -0.39 is 55.4 Å². The van der Waals surface area contributed by atoms with E-state index >= 15 is 0 Å². The molecule has 0 radical (unpaired) electrons. The number of rotatable bonds is 6. The fourth-order valence-electron chi connectivity index (χ4n) is 3.31. The third kappa shape index (κ3) is 4.24. The molecule has 4 aromatic rings. The van der Waals surface area contributed by atoms with E-state index in [1.807, 2.05) is 0 Å². The van der Waals surface area contributed by atoms with Crippen molar-refractivity contribution in [1.29, 1.82) is 0 Å². The molecule has 0 aliphatic carbocycles. The summed E-state index contributed by atoms with van der Waals surface area (Å²) in [7, 11) is -5.13. The molecule has 0 bridgehead atoms. The SMILES string of the molecule is CCc1nn(Cc2cc(C)no2)c(=O)c2cc(S(=O)(=O)Oc3c(F)c(F)c(F)c(F)c3F)ccc12. The molecule has 0 fully saturated rings. The van der Waals surface area contributed by atoms with E-state index in [1.165, 1.54) is 6.07 Å². The normalized spacial score (nSPS) is 11.9. The molecule has 0 unspecified atom stereocenters. The van der Waals surface area contributed by atoms with Crippen molar-refractivity contribution < 1.29 is 39.1 Å². The van der Waals surface area contributed by atoms with Gasteiger partial charge in [-0.2, -0.15) is 22.3 Å². The number of benzene rings is 2. The number of hydrogen-bond donors (Lipinski definition) is 0. The average molecular weight is 515 g/mol. The summed E-state index contributed by atoms with van der Waals surface area (Å²) in [6, 6.07) is 4.61. The van der Waals surface area contributed by atoms with Crippen LogP contribution in [0.2, 0.25) is 0 Å². The van der Waals surface area contributed by atoms with Crippen molar-refractivity contribution >= 4 is 20.9 Å². The van der Waals surface area contributed by atoms with Gasteiger partial charge in [-0.05, 0) is 25.5 Å². The van der Waals surface area contributed by atoms with Gasteiger partial charge in [0.05, 0.1) is 16.8 Å². The number of nitrogens with zero attached hydrogens (tertiary/aromatic N) is 3. The van der Waals surface area contributed by atoms with E-state index in [9.17, 15) is 35.2 Å². The van der Waals surface area contributed by atoms with Gasteiger partial charge in [0.15, 0.2) is 5.76 Å². The van der Waals surface area contributed by atoms with Crippen molar-refractivity contribution in [3.63, 3.8) is 0 Å². The molecule has 14 heteroatoms. The van der Waals surface area contributed by atoms with Crippen LogP contribution >= 0.6 is 0 Å². The molecule has 184 valence electrons. The maximum atomic E-state index is 13.9. The van der Waals surface area contributed by atoms with Crippen LogP contribution in [0.3, 0.4) is 0 Å². The Hall–Kier alpha value is -3.81. The van der Waals surface area contributed by atoms with E-state index in [-0.39, 0.29) is 17.3 Å². The van der Waals surface area contributed by atoms with Gasteiger partial charge in [-0.25, -0.2) is 17.9 Å². The van der Waals surface area contributed by atoms with E-state index in [2.05, 4.69) is 14.4 Å². The Morgan fingerprint density at radius 2 is 1.60 bits per heavy atom. The summed E-state index contributed by atoms with van der Waals surface area (Å²) >= 11 is 0. The van der Waals surface area contributed by atoms with E-state index in [0.29, 0.717) is 23.6 Å². The Labute approximate surface area is 193 Å². The van der Waals surface area contributed by atoms with Gasteiger partial charge in [0.25, 0.3) is 5.56 Å². The van der Waals surface area contributed by atoms with Crippen LogP contribution in [0.25, 0.3) is 10.8 Å². The van der Waals surface area contributed by atoms with Crippen molar-refractivity contribution in [2.75, 3.05) is 0 Å². The van der Waals surface area contributed by atoms with Gasteiger partial charge < -0.3 is 8.71 Å². The Morgan fingerprint density at radius 1 is 0.971 bits per heavy atom. The first-order chi connectivity index (χ1) is 16.4. The summed E-state index contributed by atoms with van der Waals surface area (Å²) in [5.74, 6) is -13.9. The Balaban J connectivity index is 1.83. The van der Waals surface area contributed by atoms with Gasteiger partial charge in [0.1, 0.15) is 11.4 Å². The molecular formula is C21H14F5N3O5S. The molecule has 0 N–H and O–H groups in total. The van der Waals surface area contributed by atoms with Crippen LogP contribution in [0.5, 0.6) is 5.75 Å². The maximum absolute atomic E-state index is 13.9. The van der Waals surface area contributed by atoms with Crippen LogP contribution in [0.4, 0.5) is 22.0 Å². The molecule has 35 heavy (non-hydrogen) atoms. The Morgan fingerprint density at radius 3 is 2.17 bits per heavy atom. The molecule has 4 rings (SSSR count). The molecule has 0 spiro atoms. The van der Waals surface area contributed by atoms with Crippen LogP contribution < -0.4 is 9.74 Å². The summed E-state index contributed by atoms with van der Waals surface area (Å²) in [5.41, 5.74) is 0.239. The second-order valence-electron chi connectivity index (χ2n) is 7.34. The summed E-state index contributed by atoms with van der Waals surface area (Å²) in [5, 5.41) is 8.11. The fourth-order valence-corrected chi connectivity index (χ4v) is 4.27. The number of halogens is 5. The van der Waals surface area contributed by atoms with E-state index in [1.54, 1.807) is 19.9 Å². The lowest BCUT2D eigenvalue weighted by atomic mass is 10.1. The zero-order valence-corrected chi connectivity index (χ0v) is 18.7. The molecule has 0 aliphatic heterocycles. The lowest BCUT2D eigenvalue weighted by Gasteiger charge is -2.12. The minimum atomic E-state index is -5.13. The Bertz CT molecular complexity index is 1620. The molecular weight excluding hydrogens is 501 g/mol. The highest BCUT2D eigenvalue weighted by Gasteiger charge is 2.31. The molecule has 0 amide bonds. The summed E-state index contributed by atoms with van der Waals surface area (Å²) in [4.78, 5) is 12.3. The van der Waals surface area contributed by atoms with Gasteiger partial charge in [0, 0.05) is 11.5 Å². The first kappa shape index (κ1) is 24.3. The number of fused-ring (bicyclic) bond motifs is 1. The van der Waals surface area contributed by atoms with Crippen molar-refractivity contribution in [3.8, 4) is 5.75 Å². The monoisotopic (exact) mass is 515 g/mol. The highest BCUT2D eigenvalue weighted by Crippen LogP contribution is 2.32. The van der Waals surface area contributed by atoms with Gasteiger partial charge in [-0.3, -0.25) is 4.79 Å². The summed E-state index contributed by atoms with van der Waals surface area (Å²) < 4.78 is 104. The summed E-state index contributed by atoms with van der Waals surface area (Å²) in [6.45, 7) is 3.29. The first-order valence-corrected chi connectivity index (χ1v) is 11.3. The molecule has 0 saturated heterocycles. The smallest absolute Gasteiger partial charge is 0.339 e. The zero-order valence-electron chi connectivity index (χ0n) is 17.9. The number of hydrogen-bond acceptors (Lipinski definition) is 7. The van der Waals surface area contributed by atoms with E-state index in [0.717, 1.165) is 16.8 Å². The van der Waals surface area contributed by atoms with Crippen LogP contribution in [0.15, 0.2) is 38.5 Å². The van der Waals surface area contributed by atoms with Crippen molar-refractivity contribution in [2.45, 2.75) is 31.7 Å². The van der Waals surface area contributed by atoms with Crippen molar-refractivity contribution in [1.82, 2.24) is 14.9 Å². The van der Waals surface area contributed by atoms with E-state index in [4.69, 9.17) is 4.52 Å². The van der Waals surface area contributed by atoms with Gasteiger partial charge in [0.2, 0.25) is 34.8 Å². The minimum absolute atomic E-state index is 0.124. The number of aryl methyl sites for hydroxylation is 2. The predicted molar refractivity (Wildman–Crippen MR) is 110 cm³/mol. The first-order valence-electron chi connectivity index (χ1n) is 9.86. The van der Waals surface area contributed by atoms with Crippen molar-refractivity contribution in [2.24, 2.45) is 0 Å².